The molecule has 0 amide bonds. The molecule has 0 aliphatic carbocycles. The zero-order chi connectivity index (χ0) is 28.5. The van der Waals surface area contributed by atoms with E-state index >= 15 is 0 Å². The van der Waals surface area contributed by atoms with Crippen LogP contribution in [0.15, 0.2) is 122 Å². The highest BCUT2D eigenvalue weighted by Gasteiger charge is 2.10. The van der Waals surface area contributed by atoms with Gasteiger partial charge in [0.05, 0.1) is 24.4 Å². The van der Waals surface area contributed by atoms with Crippen LogP contribution >= 0.6 is 0 Å². The number of allylic oxidation sites excluding steroid dienone is 4. The standard InChI is InChI=1S/C32H32O7/c1-5-28(19-15-25(4)38-31(34)24(3)14-16-26-12-8-7-9-13-26)39-32(35)27-17-20-29(21-18-27)36-22-10-11-23-37-30(33)6-2/h5-9,12-21H,1-3,10-11,22-23H2,4H3/b16-14-,25-15+,28-19+. The minimum Gasteiger partial charge on any atom is -0.494 e. The second-order valence-electron chi connectivity index (χ2n) is 8.05. The van der Waals surface area contributed by atoms with E-state index in [1.165, 1.54) is 18.2 Å². The van der Waals surface area contributed by atoms with Crippen LogP contribution in [0, 0.1) is 0 Å². The van der Waals surface area contributed by atoms with Crippen molar-refractivity contribution in [2.24, 2.45) is 0 Å². The SMILES string of the molecule is C=CC(=O)OCCCCOc1ccc(C(=O)O/C(C=C)=C/C=C(\C)OC(=O)C(=C)/C=C\c2ccccc2)cc1. The van der Waals surface area contributed by atoms with Crippen molar-refractivity contribution in [3.05, 3.63) is 133 Å². The van der Waals surface area contributed by atoms with Crippen LogP contribution < -0.4 is 4.74 Å². The summed E-state index contributed by atoms with van der Waals surface area (Å²) in [5.74, 6) is -0.578. The monoisotopic (exact) mass is 528 g/mol. The molecule has 0 fully saturated rings. The molecule has 0 radical (unpaired) electrons. The van der Waals surface area contributed by atoms with Gasteiger partial charge in [-0.05, 0) is 73.9 Å². The molecule has 2 aromatic carbocycles. The van der Waals surface area contributed by atoms with Crippen LogP contribution in [-0.2, 0) is 23.8 Å². The fourth-order valence-electron chi connectivity index (χ4n) is 2.90. The van der Waals surface area contributed by atoms with E-state index in [2.05, 4.69) is 19.7 Å². The summed E-state index contributed by atoms with van der Waals surface area (Å²) in [4.78, 5) is 35.7. The number of unbranched alkanes of at least 4 members (excludes halogenated alkanes) is 1. The summed E-state index contributed by atoms with van der Waals surface area (Å²) in [7, 11) is 0. The van der Waals surface area contributed by atoms with Gasteiger partial charge in [0.25, 0.3) is 0 Å². The number of benzene rings is 2. The first-order valence-electron chi connectivity index (χ1n) is 12.2. The van der Waals surface area contributed by atoms with E-state index in [4.69, 9.17) is 18.9 Å². The second-order valence-corrected chi connectivity index (χ2v) is 8.05. The van der Waals surface area contributed by atoms with E-state index in [1.807, 2.05) is 30.3 Å². The third-order valence-electron chi connectivity index (χ3n) is 4.99. The van der Waals surface area contributed by atoms with Gasteiger partial charge >= 0.3 is 17.9 Å². The van der Waals surface area contributed by atoms with Crippen LogP contribution in [0.4, 0.5) is 0 Å². The van der Waals surface area contributed by atoms with Crippen LogP contribution in [0.1, 0.15) is 35.7 Å². The molecule has 0 saturated heterocycles. The molecule has 0 aliphatic rings. The average Bonchev–Trinajstić information content (AvgIpc) is 2.96. The van der Waals surface area contributed by atoms with Crippen molar-refractivity contribution < 1.29 is 33.3 Å². The Balaban J connectivity index is 1.82. The average molecular weight is 529 g/mol. The van der Waals surface area contributed by atoms with Gasteiger partial charge in [0, 0.05) is 6.08 Å². The largest absolute Gasteiger partial charge is 0.494 e. The first-order valence-corrected chi connectivity index (χ1v) is 12.2. The zero-order valence-electron chi connectivity index (χ0n) is 22.0. The van der Waals surface area contributed by atoms with E-state index in [-0.39, 0.29) is 17.1 Å². The van der Waals surface area contributed by atoms with Gasteiger partial charge in [0.15, 0.2) is 0 Å². The summed E-state index contributed by atoms with van der Waals surface area (Å²) in [5.41, 5.74) is 1.44. The van der Waals surface area contributed by atoms with Gasteiger partial charge in [-0.2, -0.15) is 0 Å². The topological polar surface area (TPSA) is 88.1 Å². The summed E-state index contributed by atoms with van der Waals surface area (Å²) in [6, 6.07) is 16.0. The van der Waals surface area contributed by atoms with Gasteiger partial charge in [-0.25, -0.2) is 14.4 Å². The number of rotatable bonds is 15. The molecule has 0 N–H and O–H groups in total. The Morgan fingerprint density at radius 1 is 0.846 bits per heavy atom. The highest BCUT2D eigenvalue weighted by Crippen LogP contribution is 2.15. The molecule has 7 nitrogen and oxygen atoms in total. The van der Waals surface area contributed by atoms with Gasteiger partial charge in [-0.15, -0.1) is 0 Å². The molecule has 0 aliphatic heterocycles. The van der Waals surface area contributed by atoms with E-state index in [9.17, 15) is 14.4 Å². The summed E-state index contributed by atoms with van der Waals surface area (Å²) in [6.07, 6.45) is 10.2. The first kappa shape index (κ1) is 30.3. The molecule has 0 saturated carbocycles. The maximum Gasteiger partial charge on any atom is 0.343 e. The van der Waals surface area contributed by atoms with Crippen LogP contribution in [0.2, 0.25) is 0 Å². The van der Waals surface area contributed by atoms with Crippen molar-refractivity contribution in [3.8, 4) is 5.75 Å². The molecule has 0 aromatic heterocycles. The van der Waals surface area contributed by atoms with E-state index in [1.54, 1.807) is 43.3 Å². The van der Waals surface area contributed by atoms with Gasteiger partial charge in [0.2, 0.25) is 0 Å². The van der Waals surface area contributed by atoms with Crippen molar-refractivity contribution in [1.29, 1.82) is 0 Å². The lowest BCUT2D eigenvalue weighted by atomic mass is 10.2. The fourth-order valence-corrected chi connectivity index (χ4v) is 2.90. The number of ether oxygens (including phenoxy) is 4. The quantitative estimate of drug-likeness (QED) is 0.0649. The number of carbonyl (C=O) groups excluding carboxylic acids is 3. The van der Waals surface area contributed by atoms with Crippen LogP contribution in [0.3, 0.4) is 0 Å². The van der Waals surface area contributed by atoms with Gasteiger partial charge < -0.3 is 18.9 Å². The predicted molar refractivity (Wildman–Crippen MR) is 150 cm³/mol. The zero-order valence-corrected chi connectivity index (χ0v) is 22.0. The molecule has 0 spiro atoms. The molecule has 7 heteroatoms. The molecule has 39 heavy (non-hydrogen) atoms. The summed E-state index contributed by atoms with van der Waals surface area (Å²) < 4.78 is 21.2. The Morgan fingerprint density at radius 2 is 1.54 bits per heavy atom. The van der Waals surface area contributed by atoms with Gasteiger partial charge in [0.1, 0.15) is 17.3 Å². The van der Waals surface area contributed by atoms with Crippen molar-refractivity contribution in [1.82, 2.24) is 0 Å². The molecule has 2 aromatic rings. The summed E-state index contributed by atoms with van der Waals surface area (Å²) >= 11 is 0. The number of carbonyl (C=O) groups is 3. The normalized spacial score (nSPS) is 11.4. The lowest BCUT2D eigenvalue weighted by Gasteiger charge is -2.08. The minimum absolute atomic E-state index is 0.177. The summed E-state index contributed by atoms with van der Waals surface area (Å²) in [5, 5.41) is 0. The molecule has 202 valence electrons. The minimum atomic E-state index is -0.597. The maximum atomic E-state index is 12.5. The van der Waals surface area contributed by atoms with Crippen molar-refractivity contribution in [2.45, 2.75) is 19.8 Å². The highest BCUT2D eigenvalue weighted by molar-refractivity contribution is 5.92. The lowest BCUT2D eigenvalue weighted by molar-refractivity contribution is -0.138. The maximum absolute atomic E-state index is 12.5. The Morgan fingerprint density at radius 3 is 2.21 bits per heavy atom. The number of esters is 3. The van der Waals surface area contributed by atoms with Crippen LogP contribution in [0.25, 0.3) is 6.08 Å². The highest BCUT2D eigenvalue weighted by atomic mass is 16.5. The van der Waals surface area contributed by atoms with E-state index in [0.29, 0.717) is 37.4 Å². The van der Waals surface area contributed by atoms with Crippen LogP contribution in [-0.4, -0.2) is 31.1 Å². The Hall–Kier alpha value is -4.91. The van der Waals surface area contributed by atoms with Crippen molar-refractivity contribution in [3.63, 3.8) is 0 Å². The van der Waals surface area contributed by atoms with Gasteiger partial charge in [-0.1, -0.05) is 56.1 Å². The number of hydrogen-bond acceptors (Lipinski definition) is 7. The molecular weight excluding hydrogens is 496 g/mol. The van der Waals surface area contributed by atoms with Crippen LogP contribution in [0.5, 0.6) is 5.75 Å². The molecular formula is C32H32O7. The lowest BCUT2D eigenvalue weighted by Crippen LogP contribution is -2.06. The Bertz CT molecular complexity index is 1250. The van der Waals surface area contributed by atoms with Crippen molar-refractivity contribution in [2.75, 3.05) is 13.2 Å². The first-order chi connectivity index (χ1) is 18.8. The summed E-state index contributed by atoms with van der Waals surface area (Å²) in [6.45, 7) is 13.1. The molecule has 0 heterocycles. The Labute approximate surface area is 229 Å². The predicted octanol–water partition coefficient (Wildman–Crippen LogP) is 6.52. The van der Waals surface area contributed by atoms with E-state index in [0.717, 1.165) is 11.6 Å². The third kappa shape index (κ3) is 11.8. The molecule has 0 atom stereocenters. The van der Waals surface area contributed by atoms with E-state index < -0.39 is 17.9 Å². The van der Waals surface area contributed by atoms with Gasteiger partial charge in [-0.3, -0.25) is 0 Å². The second kappa shape index (κ2) is 16.8. The third-order valence-corrected chi connectivity index (χ3v) is 4.99. The molecule has 2 rings (SSSR count). The smallest absolute Gasteiger partial charge is 0.343 e. The number of hydrogen-bond donors (Lipinski definition) is 0. The molecule has 0 bridgehead atoms. The fraction of sp³-hybridized carbons (Fsp3) is 0.156. The molecule has 0 unspecified atom stereocenters. The van der Waals surface area contributed by atoms with Crippen molar-refractivity contribution >= 4 is 24.0 Å². The Kier molecular flexibility index (Phi) is 13.0.